The Kier molecular flexibility index (Phi) is 4.02. The van der Waals surface area contributed by atoms with Gasteiger partial charge in [0.15, 0.2) is 0 Å². The summed E-state index contributed by atoms with van der Waals surface area (Å²) in [6.45, 7) is 4.16. The molecule has 1 aliphatic carbocycles. The molecule has 1 aliphatic heterocycles. The van der Waals surface area contributed by atoms with Gasteiger partial charge in [0.1, 0.15) is 6.10 Å². The third-order valence-corrected chi connectivity index (χ3v) is 5.66. The zero-order valence-electron chi connectivity index (χ0n) is 11.2. The van der Waals surface area contributed by atoms with E-state index in [0.717, 1.165) is 25.5 Å². The maximum Gasteiger partial charge on any atom is 0.104 e. The molecular formula is C15H23NOS. The first-order valence-corrected chi connectivity index (χ1v) is 8.12. The smallest absolute Gasteiger partial charge is 0.104 e. The van der Waals surface area contributed by atoms with E-state index in [1.54, 1.807) is 0 Å². The zero-order chi connectivity index (χ0) is 12.4. The molecule has 3 heteroatoms. The van der Waals surface area contributed by atoms with Gasteiger partial charge in [0, 0.05) is 22.3 Å². The lowest BCUT2D eigenvalue weighted by Crippen LogP contribution is -2.38. The highest BCUT2D eigenvalue weighted by Gasteiger charge is 2.30. The third kappa shape index (κ3) is 2.63. The number of ether oxygens (including phenoxy) is 1. The first-order valence-electron chi connectivity index (χ1n) is 7.30. The lowest BCUT2D eigenvalue weighted by atomic mass is 9.85. The van der Waals surface area contributed by atoms with E-state index >= 15 is 0 Å². The topological polar surface area (TPSA) is 21.3 Å². The van der Waals surface area contributed by atoms with E-state index in [1.165, 1.54) is 35.4 Å². The van der Waals surface area contributed by atoms with Crippen LogP contribution < -0.4 is 5.32 Å². The molecule has 18 heavy (non-hydrogen) atoms. The summed E-state index contributed by atoms with van der Waals surface area (Å²) in [6, 6.07) is 5.21. The van der Waals surface area contributed by atoms with Crippen LogP contribution in [0.25, 0.3) is 0 Å². The summed E-state index contributed by atoms with van der Waals surface area (Å²) in [6.07, 6.45) is 6.87. The van der Waals surface area contributed by atoms with Crippen LogP contribution in [0, 0.1) is 5.92 Å². The first kappa shape index (κ1) is 12.6. The highest BCUT2D eigenvalue weighted by atomic mass is 32.1. The van der Waals surface area contributed by atoms with Crippen molar-refractivity contribution in [2.75, 3.05) is 13.2 Å². The van der Waals surface area contributed by atoms with Gasteiger partial charge in [-0.1, -0.05) is 19.8 Å². The van der Waals surface area contributed by atoms with Crippen molar-refractivity contribution in [1.82, 2.24) is 5.32 Å². The van der Waals surface area contributed by atoms with Gasteiger partial charge in [0.25, 0.3) is 0 Å². The largest absolute Gasteiger partial charge is 0.371 e. The highest BCUT2D eigenvalue weighted by Crippen LogP contribution is 2.32. The van der Waals surface area contributed by atoms with Gasteiger partial charge in [0.05, 0.1) is 6.61 Å². The second kappa shape index (κ2) is 5.72. The fraction of sp³-hybridized carbons (Fsp3) is 0.733. The molecule has 0 spiro atoms. The van der Waals surface area contributed by atoms with Crippen molar-refractivity contribution in [2.45, 2.75) is 51.2 Å². The Bertz CT molecular complexity index is 374. The number of hydrogen-bond donors (Lipinski definition) is 1. The Balaban J connectivity index is 1.67. The monoisotopic (exact) mass is 265 g/mol. The predicted octanol–water partition coefficient (Wildman–Crippen LogP) is 3.53. The Morgan fingerprint density at radius 1 is 1.33 bits per heavy atom. The first-order chi connectivity index (χ1) is 8.86. The number of hydrogen-bond acceptors (Lipinski definition) is 3. The normalized spacial score (nSPS) is 32.8. The van der Waals surface area contributed by atoms with Crippen molar-refractivity contribution in [1.29, 1.82) is 0 Å². The Morgan fingerprint density at radius 3 is 3.06 bits per heavy atom. The van der Waals surface area contributed by atoms with Crippen LogP contribution in [0.15, 0.2) is 12.1 Å². The summed E-state index contributed by atoms with van der Waals surface area (Å²) in [5, 5.41) is 3.74. The molecule has 2 aliphatic rings. The molecule has 1 aromatic rings. The van der Waals surface area contributed by atoms with Crippen molar-refractivity contribution in [3.63, 3.8) is 0 Å². The van der Waals surface area contributed by atoms with Crippen LogP contribution in [-0.4, -0.2) is 19.2 Å². The summed E-state index contributed by atoms with van der Waals surface area (Å²) in [7, 11) is 0. The fourth-order valence-corrected chi connectivity index (χ4v) is 4.18. The minimum atomic E-state index is 0.279. The van der Waals surface area contributed by atoms with Gasteiger partial charge < -0.3 is 10.1 Å². The number of aryl methyl sites for hydroxylation is 1. The van der Waals surface area contributed by atoms with Crippen LogP contribution in [0.1, 0.15) is 48.5 Å². The van der Waals surface area contributed by atoms with E-state index in [1.807, 2.05) is 11.3 Å². The fourth-order valence-electron chi connectivity index (χ4n) is 3.17. The maximum absolute atomic E-state index is 6.16. The average molecular weight is 265 g/mol. The summed E-state index contributed by atoms with van der Waals surface area (Å²) in [4.78, 5) is 2.87. The molecule has 1 saturated heterocycles. The SMILES string of the molecule is CCc1ccc(C2CNC3CCCCC3CO2)s1. The molecular weight excluding hydrogens is 242 g/mol. The quantitative estimate of drug-likeness (QED) is 0.883. The zero-order valence-corrected chi connectivity index (χ0v) is 12.0. The summed E-state index contributed by atoms with van der Waals surface area (Å²) in [5.41, 5.74) is 0. The molecule has 3 rings (SSSR count). The number of fused-ring (bicyclic) bond motifs is 1. The van der Waals surface area contributed by atoms with Gasteiger partial charge in [-0.3, -0.25) is 0 Å². The molecule has 2 heterocycles. The molecule has 2 fully saturated rings. The molecule has 0 radical (unpaired) electrons. The Hall–Kier alpha value is -0.380. The number of thiophene rings is 1. The van der Waals surface area contributed by atoms with Crippen LogP contribution in [0.2, 0.25) is 0 Å². The van der Waals surface area contributed by atoms with E-state index in [0.29, 0.717) is 6.04 Å². The van der Waals surface area contributed by atoms with Gasteiger partial charge in [-0.05, 0) is 37.3 Å². The van der Waals surface area contributed by atoms with Gasteiger partial charge in [-0.15, -0.1) is 11.3 Å². The highest BCUT2D eigenvalue weighted by molar-refractivity contribution is 7.12. The second-order valence-electron chi connectivity index (χ2n) is 5.54. The van der Waals surface area contributed by atoms with Crippen molar-refractivity contribution >= 4 is 11.3 Å². The van der Waals surface area contributed by atoms with Crippen molar-refractivity contribution < 1.29 is 4.74 Å². The van der Waals surface area contributed by atoms with Crippen molar-refractivity contribution in [3.8, 4) is 0 Å². The van der Waals surface area contributed by atoms with E-state index in [4.69, 9.17) is 4.74 Å². The average Bonchev–Trinajstić information content (AvgIpc) is 2.79. The lowest BCUT2D eigenvalue weighted by molar-refractivity contribution is 0.0421. The lowest BCUT2D eigenvalue weighted by Gasteiger charge is -2.29. The summed E-state index contributed by atoms with van der Waals surface area (Å²) in [5.74, 6) is 0.745. The minimum absolute atomic E-state index is 0.279. The predicted molar refractivity (Wildman–Crippen MR) is 76.1 cm³/mol. The standard InChI is InChI=1S/C15H23NOS/c1-2-12-7-8-15(18-12)14-9-16-13-6-4-3-5-11(13)10-17-14/h7-8,11,13-14,16H,2-6,9-10H2,1H3. The van der Waals surface area contributed by atoms with Gasteiger partial charge in [-0.2, -0.15) is 0 Å². The number of nitrogens with one attached hydrogen (secondary N) is 1. The molecule has 0 bridgehead atoms. The molecule has 0 amide bonds. The van der Waals surface area contributed by atoms with E-state index < -0.39 is 0 Å². The molecule has 2 nitrogen and oxygen atoms in total. The van der Waals surface area contributed by atoms with E-state index in [2.05, 4.69) is 24.4 Å². The van der Waals surface area contributed by atoms with E-state index in [9.17, 15) is 0 Å². The van der Waals surface area contributed by atoms with Crippen molar-refractivity contribution in [2.24, 2.45) is 5.92 Å². The summed E-state index contributed by atoms with van der Waals surface area (Å²) >= 11 is 1.92. The van der Waals surface area contributed by atoms with Gasteiger partial charge >= 0.3 is 0 Å². The van der Waals surface area contributed by atoms with Crippen LogP contribution in [0.5, 0.6) is 0 Å². The van der Waals surface area contributed by atoms with Gasteiger partial charge in [0.2, 0.25) is 0 Å². The van der Waals surface area contributed by atoms with Crippen LogP contribution in [0.3, 0.4) is 0 Å². The van der Waals surface area contributed by atoms with Gasteiger partial charge in [-0.25, -0.2) is 0 Å². The molecule has 1 N–H and O–H groups in total. The molecule has 1 aromatic heterocycles. The molecule has 3 atom stereocenters. The maximum atomic E-state index is 6.16. The molecule has 0 aromatic carbocycles. The number of rotatable bonds is 2. The molecule has 1 saturated carbocycles. The molecule has 3 unspecified atom stereocenters. The van der Waals surface area contributed by atoms with Crippen LogP contribution in [-0.2, 0) is 11.2 Å². The van der Waals surface area contributed by atoms with Crippen molar-refractivity contribution in [3.05, 3.63) is 21.9 Å². The second-order valence-corrected chi connectivity index (χ2v) is 6.74. The van der Waals surface area contributed by atoms with Crippen LogP contribution >= 0.6 is 11.3 Å². The molecule has 100 valence electrons. The minimum Gasteiger partial charge on any atom is -0.371 e. The summed E-state index contributed by atoms with van der Waals surface area (Å²) < 4.78 is 6.16. The Labute approximate surface area is 114 Å². The van der Waals surface area contributed by atoms with Crippen LogP contribution in [0.4, 0.5) is 0 Å². The Morgan fingerprint density at radius 2 is 2.22 bits per heavy atom. The van der Waals surface area contributed by atoms with E-state index in [-0.39, 0.29) is 6.10 Å². The third-order valence-electron chi connectivity index (χ3n) is 4.33.